The van der Waals surface area contributed by atoms with E-state index in [4.69, 9.17) is 12.2 Å². The number of rotatable bonds is 5. The maximum absolute atomic E-state index is 13.4. The highest BCUT2D eigenvalue weighted by Crippen LogP contribution is 2.26. The summed E-state index contributed by atoms with van der Waals surface area (Å²) in [6.45, 7) is 3.57. The minimum atomic E-state index is -0.556. The van der Waals surface area contributed by atoms with Crippen LogP contribution in [0.5, 0.6) is 0 Å². The smallest absolute Gasteiger partial charge is 0.243 e. The van der Waals surface area contributed by atoms with Crippen LogP contribution < -0.4 is 5.32 Å². The summed E-state index contributed by atoms with van der Waals surface area (Å²) in [6, 6.07) is 9.15. The number of nitrogens with one attached hydrogen (secondary N) is 2. The molecule has 1 amide bonds. The molecule has 1 aromatic carbocycles. The van der Waals surface area contributed by atoms with Crippen molar-refractivity contribution in [2.24, 2.45) is 0 Å². The Bertz CT molecular complexity index is 932. The van der Waals surface area contributed by atoms with Crippen molar-refractivity contribution in [2.45, 2.75) is 25.9 Å². The molecule has 8 heteroatoms. The molecule has 0 aliphatic heterocycles. The van der Waals surface area contributed by atoms with Gasteiger partial charge in [-0.15, -0.1) is 11.3 Å². The van der Waals surface area contributed by atoms with E-state index in [2.05, 4.69) is 15.5 Å². The topological polar surface area (TPSA) is 62.7 Å². The number of amides is 1. The van der Waals surface area contributed by atoms with Crippen molar-refractivity contribution in [2.75, 3.05) is 0 Å². The highest BCUT2D eigenvalue weighted by atomic mass is 32.1. The summed E-state index contributed by atoms with van der Waals surface area (Å²) in [5.41, 5.74) is 0.704. The van der Waals surface area contributed by atoms with Crippen molar-refractivity contribution in [3.8, 4) is 10.7 Å². The summed E-state index contributed by atoms with van der Waals surface area (Å²) in [5.74, 6) is 0.0804. The average molecular weight is 376 g/mol. The van der Waals surface area contributed by atoms with Gasteiger partial charge in [-0.25, -0.2) is 4.39 Å². The first-order chi connectivity index (χ1) is 12.0. The number of carbonyl (C=O) groups is 1. The first-order valence-corrected chi connectivity index (χ1v) is 9.03. The lowest BCUT2D eigenvalue weighted by atomic mass is 10.1. The molecule has 2 atom stereocenters. The molecule has 2 aromatic heterocycles. The van der Waals surface area contributed by atoms with Gasteiger partial charge in [0.15, 0.2) is 10.6 Å². The van der Waals surface area contributed by atoms with Gasteiger partial charge in [0.25, 0.3) is 0 Å². The van der Waals surface area contributed by atoms with Gasteiger partial charge in [-0.3, -0.25) is 14.5 Å². The fourth-order valence-electron chi connectivity index (χ4n) is 2.55. The number of thiophene rings is 1. The lowest BCUT2D eigenvalue weighted by molar-refractivity contribution is -0.124. The van der Waals surface area contributed by atoms with E-state index in [0.29, 0.717) is 16.2 Å². The van der Waals surface area contributed by atoms with Crippen LogP contribution in [0.25, 0.3) is 10.7 Å². The van der Waals surface area contributed by atoms with Crippen molar-refractivity contribution in [3.63, 3.8) is 0 Å². The molecule has 0 fully saturated rings. The minimum Gasteiger partial charge on any atom is -0.348 e. The molecule has 0 spiro atoms. The molecule has 0 saturated carbocycles. The van der Waals surface area contributed by atoms with Crippen LogP contribution in [0.15, 0.2) is 41.8 Å². The third kappa shape index (κ3) is 3.69. The number of halogens is 1. The van der Waals surface area contributed by atoms with Crippen LogP contribution in [-0.2, 0) is 4.79 Å². The fourth-order valence-corrected chi connectivity index (χ4v) is 3.55. The summed E-state index contributed by atoms with van der Waals surface area (Å²) in [4.78, 5) is 13.6. The Morgan fingerprint density at radius 3 is 2.84 bits per heavy atom. The van der Waals surface area contributed by atoms with Gasteiger partial charge in [-0.2, -0.15) is 5.10 Å². The van der Waals surface area contributed by atoms with E-state index < -0.39 is 6.04 Å². The van der Waals surface area contributed by atoms with E-state index in [1.165, 1.54) is 23.5 Å². The Morgan fingerprint density at radius 2 is 2.16 bits per heavy atom. The zero-order chi connectivity index (χ0) is 18.0. The Morgan fingerprint density at radius 1 is 1.36 bits per heavy atom. The lowest BCUT2D eigenvalue weighted by Crippen LogP contribution is -2.33. The summed E-state index contributed by atoms with van der Waals surface area (Å²) in [7, 11) is 0. The van der Waals surface area contributed by atoms with Crippen molar-refractivity contribution in [1.82, 2.24) is 20.1 Å². The summed E-state index contributed by atoms with van der Waals surface area (Å²) < 4.78 is 15.4. The van der Waals surface area contributed by atoms with Crippen LogP contribution in [-0.4, -0.2) is 20.7 Å². The largest absolute Gasteiger partial charge is 0.348 e. The average Bonchev–Trinajstić information content (AvgIpc) is 3.23. The molecule has 5 nitrogen and oxygen atoms in total. The highest BCUT2D eigenvalue weighted by Gasteiger charge is 2.22. The first-order valence-electron chi connectivity index (χ1n) is 7.74. The summed E-state index contributed by atoms with van der Waals surface area (Å²) in [6.07, 6.45) is 0. The number of benzene rings is 1. The highest BCUT2D eigenvalue weighted by molar-refractivity contribution is 7.71. The molecular formula is C17H17FN4OS2. The molecular weight excluding hydrogens is 359 g/mol. The molecule has 2 N–H and O–H groups in total. The van der Waals surface area contributed by atoms with E-state index >= 15 is 0 Å². The van der Waals surface area contributed by atoms with Crippen LogP contribution in [0.3, 0.4) is 0 Å². The number of hydrogen-bond donors (Lipinski definition) is 2. The second-order valence-corrected chi connectivity index (χ2v) is 7.00. The number of hydrogen-bond acceptors (Lipinski definition) is 4. The van der Waals surface area contributed by atoms with Gasteiger partial charge in [0.2, 0.25) is 5.91 Å². The maximum atomic E-state index is 13.4. The molecule has 2 heterocycles. The predicted octanol–water partition coefficient (Wildman–Crippen LogP) is 4.25. The lowest BCUT2D eigenvalue weighted by Gasteiger charge is -2.19. The summed E-state index contributed by atoms with van der Waals surface area (Å²) in [5, 5.41) is 11.8. The van der Waals surface area contributed by atoms with Crippen LogP contribution in [0.2, 0.25) is 0 Å². The number of H-pyrrole nitrogens is 1. The van der Waals surface area contributed by atoms with Gasteiger partial charge in [-0.05, 0) is 55.2 Å². The van der Waals surface area contributed by atoms with E-state index in [1.807, 2.05) is 24.4 Å². The number of nitrogens with zero attached hydrogens (tertiary/aromatic N) is 2. The Hall–Kier alpha value is -2.32. The van der Waals surface area contributed by atoms with E-state index in [0.717, 1.165) is 4.88 Å². The quantitative estimate of drug-likeness (QED) is 0.655. The van der Waals surface area contributed by atoms with Crippen molar-refractivity contribution in [3.05, 3.63) is 57.9 Å². The van der Waals surface area contributed by atoms with E-state index in [1.54, 1.807) is 23.6 Å². The molecule has 3 rings (SSSR count). The van der Waals surface area contributed by atoms with Crippen LogP contribution in [0.1, 0.15) is 31.5 Å². The van der Waals surface area contributed by atoms with Gasteiger partial charge in [0.05, 0.1) is 10.9 Å². The van der Waals surface area contributed by atoms with Gasteiger partial charge in [-0.1, -0.05) is 18.2 Å². The molecule has 130 valence electrons. The standard InChI is InChI=1S/C17H17FN4OS2/c1-10(12-5-3-6-13(18)9-12)19-16(23)11(2)22-15(20-21-17(22)24)14-7-4-8-25-14/h3-11H,1-2H3,(H,19,23)(H,21,24). The van der Waals surface area contributed by atoms with Crippen LogP contribution in [0, 0.1) is 10.6 Å². The maximum Gasteiger partial charge on any atom is 0.243 e. The second kappa shape index (κ2) is 7.28. The van der Waals surface area contributed by atoms with Crippen molar-refractivity contribution >= 4 is 29.5 Å². The molecule has 3 aromatic rings. The molecule has 0 saturated heterocycles. The van der Waals surface area contributed by atoms with Gasteiger partial charge in [0.1, 0.15) is 11.9 Å². The Kier molecular flexibility index (Phi) is 5.10. The normalized spacial score (nSPS) is 13.4. The predicted molar refractivity (Wildman–Crippen MR) is 98.4 cm³/mol. The zero-order valence-electron chi connectivity index (χ0n) is 13.7. The second-order valence-electron chi connectivity index (χ2n) is 5.66. The van der Waals surface area contributed by atoms with Gasteiger partial charge < -0.3 is 5.32 Å². The fraction of sp³-hybridized carbons (Fsp3) is 0.235. The first kappa shape index (κ1) is 17.5. The molecule has 2 unspecified atom stereocenters. The minimum absolute atomic E-state index is 0.216. The van der Waals surface area contributed by atoms with E-state index in [-0.39, 0.29) is 17.8 Å². The molecule has 25 heavy (non-hydrogen) atoms. The molecule has 0 aliphatic carbocycles. The monoisotopic (exact) mass is 376 g/mol. The molecule has 0 aliphatic rings. The van der Waals surface area contributed by atoms with Gasteiger partial charge >= 0.3 is 0 Å². The molecule has 0 radical (unpaired) electrons. The van der Waals surface area contributed by atoms with E-state index in [9.17, 15) is 9.18 Å². The number of aromatic amines is 1. The summed E-state index contributed by atoms with van der Waals surface area (Å²) >= 11 is 6.81. The Labute approximate surface area is 153 Å². The van der Waals surface area contributed by atoms with Crippen LogP contribution in [0.4, 0.5) is 4.39 Å². The third-order valence-corrected chi connectivity index (χ3v) is 5.07. The number of aromatic nitrogens is 3. The van der Waals surface area contributed by atoms with Crippen LogP contribution >= 0.6 is 23.6 Å². The molecule has 0 bridgehead atoms. The zero-order valence-corrected chi connectivity index (χ0v) is 15.3. The van der Waals surface area contributed by atoms with Gasteiger partial charge in [0, 0.05) is 0 Å². The van der Waals surface area contributed by atoms with Crippen molar-refractivity contribution < 1.29 is 9.18 Å². The third-order valence-electron chi connectivity index (χ3n) is 3.92. The Balaban J connectivity index is 1.82. The number of carbonyl (C=O) groups excluding carboxylic acids is 1. The SMILES string of the molecule is CC(NC(=O)C(C)n1c(-c2cccs2)n[nH]c1=S)c1cccc(F)c1. The van der Waals surface area contributed by atoms with Crippen molar-refractivity contribution in [1.29, 1.82) is 0 Å².